The largest absolute Gasteiger partial charge is 0.507 e. The summed E-state index contributed by atoms with van der Waals surface area (Å²) in [7, 11) is 0. The second-order valence-corrected chi connectivity index (χ2v) is 18.6. The topological polar surface area (TPSA) is 134 Å². The number of carboxylic acids is 2. The Morgan fingerprint density at radius 3 is 1.35 bits per heavy atom. The molecular weight excluding hydrogens is 656 g/mol. The molecule has 0 saturated heterocycles. The van der Waals surface area contributed by atoms with Gasteiger partial charge in [0.05, 0.1) is 0 Å². The van der Waals surface area contributed by atoms with E-state index in [0.717, 1.165) is 86.8 Å². The number of phenols is 2. The second kappa shape index (κ2) is 12.6. The predicted molar refractivity (Wildman–Crippen MR) is 200 cm³/mol. The highest BCUT2D eigenvalue weighted by molar-refractivity contribution is 5.95. The maximum Gasteiger partial charge on any atom is 0.339 e. The Morgan fingerprint density at radius 2 is 1.02 bits per heavy atom. The summed E-state index contributed by atoms with van der Waals surface area (Å²) < 4.78 is 12.9. The Hall–Kier alpha value is -3.42. The summed E-state index contributed by atoms with van der Waals surface area (Å²) in [5, 5.41) is 41.6. The van der Waals surface area contributed by atoms with Crippen molar-refractivity contribution in [2.75, 3.05) is 0 Å². The quantitative estimate of drug-likeness (QED) is 0.179. The lowest BCUT2D eigenvalue weighted by Gasteiger charge is -2.62. The van der Waals surface area contributed by atoms with Gasteiger partial charge in [0.1, 0.15) is 45.3 Å². The Morgan fingerprint density at radius 1 is 0.654 bits per heavy atom. The number of carbonyl (C=O) groups is 2. The van der Waals surface area contributed by atoms with Crippen LogP contribution in [0.2, 0.25) is 0 Å². The van der Waals surface area contributed by atoms with Crippen molar-refractivity contribution in [2.45, 2.75) is 155 Å². The number of aromatic carboxylic acids is 2. The minimum Gasteiger partial charge on any atom is -0.507 e. The molecule has 8 atom stereocenters. The van der Waals surface area contributed by atoms with Crippen LogP contribution in [0, 0.1) is 34.5 Å². The first-order valence-electron chi connectivity index (χ1n) is 20.1. The van der Waals surface area contributed by atoms with Gasteiger partial charge in [-0.25, -0.2) is 9.59 Å². The number of carboxylic acid groups (broad SMARTS) is 2. The van der Waals surface area contributed by atoms with Crippen LogP contribution in [-0.2, 0) is 12.8 Å². The van der Waals surface area contributed by atoms with Crippen LogP contribution in [-0.4, -0.2) is 43.6 Å². The number of hydrogen-bond acceptors (Lipinski definition) is 6. The molecule has 0 amide bonds. The Balaban J connectivity index is 0.000000162. The molecule has 8 nitrogen and oxygen atoms in total. The van der Waals surface area contributed by atoms with Gasteiger partial charge in [-0.2, -0.15) is 0 Å². The number of fused-ring (bicyclic) bond motifs is 4. The number of aromatic hydroxyl groups is 2. The standard InChI is InChI=1S/2C22H30O4/c2*1-5-6-7-8-12-11-14-16(19(23)15(12)20(24)25)18-17-13(21(18,2)3)9-10-22(17,4)26-14/h2*11,13,17-18,23H,5-10H2,1-4H3,(H,24,25). The number of hydrogen-bond donors (Lipinski definition) is 4. The van der Waals surface area contributed by atoms with E-state index in [2.05, 4.69) is 55.4 Å². The maximum absolute atomic E-state index is 11.9. The summed E-state index contributed by atoms with van der Waals surface area (Å²) in [4.78, 5) is 23.9. The number of aryl methyl sites for hydroxylation is 2. The number of unbranched alkanes of at least 4 members (excludes halogenated alkanes) is 4. The van der Waals surface area contributed by atoms with E-state index in [1.807, 2.05) is 12.1 Å². The van der Waals surface area contributed by atoms with Crippen molar-refractivity contribution in [3.05, 3.63) is 45.5 Å². The molecule has 4 saturated carbocycles. The fourth-order valence-electron chi connectivity index (χ4n) is 12.5. The van der Waals surface area contributed by atoms with Crippen LogP contribution in [0.5, 0.6) is 23.0 Å². The van der Waals surface area contributed by atoms with Crippen LogP contribution in [0.1, 0.15) is 174 Å². The average molecular weight is 717 g/mol. The van der Waals surface area contributed by atoms with E-state index in [1.165, 1.54) is 0 Å². The number of ether oxygens (including phenoxy) is 2. The fourth-order valence-corrected chi connectivity index (χ4v) is 12.5. The van der Waals surface area contributed by atoms with Gasteiger partial charge in [-0.15, -0.1) is 0 Å². The first-order chi connectivity index (χ1) is 24.4. The third-order valence-electron chi connectivity index (χ3n) is 15.0. The molecule has 0 bridgehead atoms. The van der Waals surface area contributed by atoms with E-state index in [1.54, 1.807) is 0 Å². The zero-order chi connectivity index (χ0) is 37.7. The highest BCUT2D eigenvalue weighted by atomic mass is 16.5. The first-order valence-corrected chi connectivity index (χ1v) is 20.1. The van der Waals surface area contributed by atoms with Gasteiger partial charge >= 0.3 is 11.9 Å². The van der Waals surface area contributed by atoms with Crippen LogP contribution in [0.4, 0.5) is 0 Å². The molecule has 8 heteroatoms. The third kappa shape index (κ3) is 5.19. The molecule has 284 valence electrons. The molecule has 2 heterocycles. The smallest absolute Gasteiger partial charge is 0.339 e. The van der Waals surface area contributed by atoms with Crippen molar-refractivity contribution >= 4 is 11.9 Å². The monoisotopic (exact) mass is 716 g/mol. The molecule has 2 aromatic rings. The number of rotatable bonds is 10. The van der Waals surface area contributed by atoms with E-state index in [9.17, 15) is 30.0 Å². The van der Waals surface area contributed by atoms with E-state index in [4.69, 9.17) is 9.47 Å². The normalized spacial score (nSPS) is 33.0. The summed E-state index contributed by atoms with van der Waals surface area (Å²) in [5.41, 5.74) is 2.83. The van der Waals surface area contributed by atoms with E-state index >= 15 is 0 Å². The van der Waals surface area contributed by atoms with E-state index in [0.29, 0.717) is 47.6 Å². The fraction of sp³-hybridized carbons (Fsp3) is 0.682. The van der Waals surface area contributed by atoms with Crippen molar-refractivity contribution in [1.82, 2.24) is 0 Å². The molecule has 0 aromatic heterocycles. The van der Waals surface area contributed by atoms with Crippen LogP contribution >= 0.6 is 0 Å². The van der Waals surface area contributed by atoms with Gasteiger partial charge in [0.2, 0.25) is 0 Å². The van der Waals surface area contributed by atoms with Gasteiger partial charge < -0.3 is 29.9 Å². The molecule has 8 rings (SSSR count). The summed E-state index contributed by atoms with van der Waals surface area (Å²) in [6, 6.07) is 3.83. The van der Waals surface area contributed by atoms with Gasteiger partial charge in [-0.1, -0.05) is 67.2 Å². The molecule has 4 aliphatic carbocycles. The molecule has 0 spiro atoms. The Bertz CT molecular complexity index is 1660. The van der Waals surface area contributed by atoms with Gasteiger partial charge in [0.25, 0.3) is 0 Å². The SMILES string of the molecule is CCCCCc1cc2c(c(O)c1C(=O)O)C1C3C(CCC3(C)O2)C1(C)C.CCCCCc1cc2c(c(O)c1C(=O)O)C1C3C(CCC3(C)O2)C1(C)C. The second-order valence-electron chi connectivity index (χ2n) is 18.6. The maximum atomic E-state index is 11.9. The summed E-state index contributed by atoms with van der Waals surface area (Å²) in [5.74, 6) is 1.54. The zero-order valence-electron chi connectivity index (χ0n) is 32.5. The predicted octanol–water partition coefficient (Wildman–Crippen LogP) is 10.2. The molecular formula is C44H60O8. The molecule has 0 radical (unpaired) electrons. The van der Waals surface area contributed by atoms with Gasteiger partial charge in [-0.05, 0) is 111 Å². The molecule has 2 aliphatic heterocycles. The van der Waals surface area contributed by atoms with Gasteiger partial charge in [0, 0.05) is 34.8 Å². The number of benzene rings is 2. The summed E-state index contributed by atoms with van der Waals surface area (Å²) in [6.07, 6.45) is 11.8. The first kappa shape index (κ1) is 36.9. The van der Waals surface area contributed by atoms with Crippen LogP contribution < -0.4 is 9.47 Å². The average Bonchev–Trinajstić information content (AvgIpc) is 3.58. The molecule has 52 heavy (non-hydrogen) atoms. The molecule has 6 aliphatic rings. The van der Waals surface area contributed by atoms with E-state index < -0.39 is 11.9 Å². The third-order valence-corrected chi connectivity index (χ3v) is 15.0. The molecule has 8 unspecified atom stereocenters. The van der Waals surface area contributed by atoms with Gasteiger partial charge in [-0.3, -0.25) is 0 Å². The zero-order valence-corrected chi connectivity index (χ0v) is 32.5. The lowest BCUT2D eigenvalue weighted by atomic mass is 9.45. The lowest BCUT2D eigenvalue weighted by Crippen LogP contribution is -2.59. The van der Waals surface area contributed by atoms with Crippen molar-refractivity contribution < 1.29 is 39.5 Å². The lowest BCUT2D eigenvalue weighted by molar-refractivity contribution is -0.121. The minimum absolute atomic E-state index is 0.0491. The van der Waals surface area contributed by atoms with E-state index in [-0.39, 0.29) is 56.5 Å². The van der Waals surface area contributed by atoms with Crippen molar-refractivity contribution in [3.8, 4) is 23.0 Å². The van der Waals surface area contributed by atoms with Crippen LogP contribution in [0.15, 0.2) is 12.1 Å². The Kier molecular flexibility index (Phi) is 8.93. The highest BCUT2D eigenvalue weighted by Gasteiger charge is 2.71. The van der Waals surface area contributed by atoms with Crippen LogP contribution in [0.25, 0.3) is 0 Å². The van der Waals surface area contributed by atoms with Crippen molar-refractivity contribution in [2.24, 2.45) is 34.5 Å². The molecule has 4 N–H and O–H groups in total. The molecule has 4 fully saturated rings. The van der Waals surface area contributed by atoms with Crippen molar-refractivity contribution in [3.63, 3.8) is 0 Å². The highest BCUT2D eigenvalue weighted by Crippen LogP contribution is 2.75. The van der Waals surface area contributed by atoms with Crippen LogP contribution in [0.3, 0.4) is 0 Å². The van der Waals surface area contributed by atoms with Crippen molar-refractivity contribution in [1.29, 1.82) is 0 Å². The Labute approximate surface area is 309 Å². The summed E-state index contributed by atoms with van der Waals surface area (Å²) >= 11 is 0. The van der Waals surface area contributed by atoms with Gasteiger partial charge in [0.15, 0.2) is 0 Å². The summed E-state index contributed by atoms with van der Waals surface area (Å²) in [6.45, 7) is 17.7. The molecule has 2 aromatic carbocycles. The minimum atomic E-state index is -1.04.